The van der Waals surface area contributed by atoms with Gasteiger partial charge in [-0.15, -0.1) is 13.2 Å². The lowest BCUT2D eigenvalue weighted by molar-refractivity contribution is -0.274. The second kappa shape index (κ2) is 7.71. The van der Waals surface area contributed by atoms with Gasteiger partial charge in [0.05, 0.1) is 7.11 Å². The summed E-state index contributed by atoms with van der Waals surface area (Å²) in [5, 5.41) is 12.1. The SMILES string of the molecule is COc1ccc(OC(F)(F)F)cc1[C@@H](N1CCNCC1)C(F)(F)CO. The largest absolute Gasteiger partial charge is 0.573 e. The number of aliphatic hydroxyl groups is 1. The van der Waals surface area contributed by atoms with Crippen molar-refractivity contribution in [3.05, 3.63) is 23.8 Å². The molecule has 0 amide bonds. The highest BCUT2D eigenvalue weighted by Gasteiger charge is 2.45. The summed E-state index contributed by atoms with van der Waals surface area (Å²) in [6.07, 6.45) is -4.95. The minimum absolute atomic E-state index is 0.00816. The number of halogens is 5. The number of nitrogens with one attached hydrogen (secondary N) is 1. The molecule has 2 N–H and O–H groups in total. The minimum atomic E-state index is -4.95. The summed E-state index contributed by atoms with van der Waals surface area (Å²) in [4.78, 5) is 1.40. The number of piperazine rings is 1. The van der Waals surface area contributed by atoms with Crippen LogP contribution in [0.2, 0.25) is 0 Å². The molecule has 1 aliphatic rings. The maximum absolute atomic E-state index is 14.4. The van der Waals surface area contributed by atoms with Crippen LogP contribution in [-0.4, -0.2) is 62.2 Å². The number of rotatable bonds is 6. The van der Waals surface area contributed by atoms with Crippen molar-refractivity contribution in [2.45, 2.75) is 18.3 Å². The number of nitrogens with zero attached hydrogens (tertiary/aromatic N) is 1. The predicted molar refractivity (Wildman–Crippen MR) is 78.9 cm³/mol. The van der Waals surface area contributed by atoms with E-state index in [1.807, 2.05) is 0 Å². The zero-order valence-corrected chi connectivity index (χ0v) is 13.4. The molecule has 10 heteroatoms. The highest BCUT2D eigenvalue weighted by atomic mass is 19.4. The monoisotopic (exact) mass is 370 g/mol. The molecule has 0 saturated carbocycles. The zero-order valence-electron chi connectivity index (χ0n) is 13.4. The summed E-state index contributed by atoms with van der Waals surface area (Å²) < 4.78 is 75.1. The molecule has 0 radical (unpaired) electrons. The molecular formula is C15H19F5N2O3. The Hall–Kier alpha value is -1.65. The van der Waals surface area contributed by atoms with Crippen LogP contribution in [0.1, 0.15) is 11.6 Å². The van der Waals surface area contributed by atoms with Crippen LogP contribution in [0.5, 0.6) is 11.5 Å². The van der Waals surface area contributed by atoms with E-state index in [1.54, 1.807) is 0 Å². The molecule has 1 saturated heterocycles. The van der Waals surface area contributed by atoms with Gasteiger partial charge in [-0.05, 0) is 18.2 Å². The zero-order chi connectivity index (χ0) is 18.7. The Morgan fingerprint density at radius 2 is 1.84 bits per heavy atom. The van der Waals surface area contributed by atoms with Crippen molar-refractivity contribution in [3.8, 4) is 11.5 Å². The first-order chi connectivity index (χ1) is 11.7. The normalized spacial score (nSPS) is 18.0. The highest BCUT2D eigenvalue weighted by molar-refractivity contribution is 5.43. The number of ether oxygens (including phenoxy) is 2. The molecule has 0 bridgehead atoms. The molecule has 0 unspecified atom stereocenters. The van der Waals surface area contributed by atoms with Gasteiger partial charge in [-0.1, -0.05) is 0 Å². The van der Waals surface area contributed by atoms with Gasteiger partial charge in [0, 0.05) is 31.7 Å². The molecule has 2 rings (SSSR count). The lowest BCUT2D eigenvalue weighted by Crippen LogP contribution is -2.51. The van der Waals surface area contributed by atoms with Crippen LogP contribution in [0.25, 0.3) is 0 Å². The number of aliphatic hydroxyl groups excluding tert-OH is 1. The van der Waals surface area contributed by atoms with Crippen LogP contribution in [0.3, 0.4) is 0 Å². The molecule has 142 valence electrons. The predicted octanol–water partition coefficient (Wildman–Crippen LogP) is 2.17. The smallest absolute Gasteiger partial charge is 0.496 e. The molecule has 1 aromatic carbocycles. The minimum Gasteiger partial charge on any atom is -0.496 e. The van der Waals surface area contributed by atoms with Gasteiger partial charge in [0.2, 0.25) is 0 Å². The average molecular weight is 370 g/mol. The Labute approximate surface area is 141 Å². The highest BCUT2D eigenvalue weighted by Crippen LogP contribution is 2.42. The Kier molecular flexibility index (Phi) is 6.07. The van der Waals surface area contributed by atoms with Crippen molar-refractivity contribution in [3.63, 3.8) is 0 Å². The third kappa shape index (κ3) is 4.93. The Bertz CT molecular complexity index is 577. The van der Waals surface area contributed by atoms with E-state index in [2.05, 4.69) is 10.1 Å². The summed E-state index contributed by atoms with van der Waals surface area (Å²) >= 11 is 0. The van der Waals surface area contributed by atoms with Crippen LogP contribution >= 0.6 is 0 Å². The van der Waals surface area contributed by atoms with Gasteiger partial charge in [0.25, 0.3) is 5.92 Å². The van der Waals surface area contributed by atoms with Gasteiger partial charge in [0.1, 0.15) is 24.1 Å². The van der Waals surface area contributed by atoms with Crippen LogP contribution in [0.15, 0.2) is 18.2 Å². The van der Waals surface area contributed by atoms with Crippen molar-refractivity contribution in [2.24, 2.45) is 0 Å². The maximum atomic E-state index is 14.4. The molecule has 1 aromatic rings. The van der Waals surface area contributed by atoms with Crippen LogP contribution < -0.4 is 14.8 Å². The number of hydrogen-bond donors (Lipinski definition) is 2. The quantitative estimate of drug-likeness (QED) is 0.752. The first-order valence-corrected chi connectivity index (χ1v) is 7.55. The average Bonchev–Trinajstić information content (AvgIpc) is 2.55. The first kappa shape index (κ1) is 19.7. The molecule has 1 heterocycles. The van der Waals surface area contributed by atoms with E-state index < -0.39 is 30.7 Å². The van der Waals surface area contributed by atoms with Crippen molar-refractivity contribution >= 4 is 0 Å². The van der Waals surface area contributed by atoms with E-state index >= 15 is 0 Å². The van der Waals surface area contributed by atoms with Gasteiger partial charge in [-0.2, -0.15) is 0 Å². The summed E-state index contributed by atoms with van der Waals surface area (Å²) in [5.41, 5.74) is -0.176. The fraction of sp³-hybridized carbons (Fsp3) is 0.600. The van der Waals surface area contributed by atoms with Gasteiger partial charge in [-0.25, -0.2) is 8.78 Å². The van der Waals surface area contributed by atoms with Crippen molar-refractivity contribution in [1.82, 2.24) is 10.2 Å². The van der Waals surface area contributed by atoms with Crippen LogP contribution in [0.4, 0.5) is 22.0 Å². The topological polar surface area (TPSA) is 54.0 Å². The third-order valence-electron chi connectivity index (χ3n) is 3.86. The Morgan fingerprint density at radius 3 is 2.36 bits per heavy atom. The van der Waals surface area contributed by atoms with Crippen molar-refractivity contribution < 1.29 is 36.5 Å². The van der Waals surface area contributed by atoms with Gasteiger partial charge in [-0.3, -0.25) is 4.90 Å². The molecule has 0 aliphatic carbocycles. The fourth-order valence-corrected chi connectivity index (χ4v) is 2.84. The van der Waals surface area contributed by atoms with Gasteiger partial charge < -0.3 is 19.9 Å². The molecule has 0 spiro atoms. The second-order valence-corrected chi connectivity index (χ2v) is 5.56. The molecule has 25 heavy (non-hydrogen) atoms. The van der Waals surface area contributed by atoms with Crippen molar-refractivity contribution in [1.29, 1.82) is 0 Å². The number of hydrogen-bond acceptors (Lipinski definition) is 5. The molecular weight excluding hydrogens is 351 g/mol. The van der Waals surface area contributed by atoms with E-state index in [9.17, 15) is 22.0 Å². The second-order valence-electron chi connectivity index (χ2n) is 5.56. The van der Waals surface area contributed by atoms with Crippen molar-refractivity contribution in [2.75, 3.05) is 39.9 Å². The van der Waals surface area contributed by atoms with E-state index in [4.69, 9.17) is 9.84 Å². The standard InChI is InChI=1S/C15H19F5N2O3/c1-24-12-3-2-10(25-15(18,19)20)8-11(12)13(14(16,17)9-23)22-6-4-21-5-7-22/h2-3,8,13,21,23H,4-7,9H2,1H3/t13-/m1/s1. The Morgan fingerprint density at radius 1 is 1.20 bits per heavy atom. The summed E-state index contributed by atoms with van der Waals surface area (Å²) in [6.45, 7) is -0.0746. The molecule has 5 nitrogen and oxygen atoms in total. The Balaban J connectivity index is 2.48. The lowest BCUT2D eigenvalue weighted by atomic mass is 9.97. The van der Waals surface area contributed by atoms with E-state index in [0.717, 1.165) is 18.2 Å². The first-order valence-electron chi connectivity index (χ1n) is 7.55. The van der Waals surface area contributed by atoms with E-state index in [0.29, 0.717) is 13.1 Å². The number of benzene rings is 1. The summed E-state index contributed by atoms with van der Waals surface area (Å²) in [6, 6.07) is 1.36. The summed E-state index contributed by atoms with van der Waals surface area (Å²) in [5.74, 6) is -4.22. The molecule has 1 aliphatic heterocycles. The van der Waals surface area contributed by atoms with E-state index in [1.165, 1.54) is 12.0 Å². The third-order valence-corrected chi connectivity index (χ3v) is 3.86. The van der Waals surface area contributed by atoms with E-state index in [-0.39, 0.29) is 24.4 Å². The molecule has 0 aromatic heterocycles. The molecule has 1 fully saturated rings. The lowest BCUT2D eigenvalue weighted by Gasteiger charge is -2.39. The van der Waals surface area contributed by atoms with Gasteiger partial charge in [0.15, 0.2) is 0 Å². The molecule has 1 atom stereocenters. The number of methoxy groups -OCH3 is 1. The summed E-state index contributed by atoms with van der Waals surface area (Å²) in [7, 11) is 1.23. The van der Waals surface area contributed by atoms with Crippen LogP contribution in [0, 0.1) is 0 Å². The van der Waals surface area contributed by atoms with Crippen LogP contribution in [-0.2, 0) is 0 Å². The number of alkyl halides is 5. The van der Waals surface area contributed by atoms with Gasteiger partial charge >= 0.3 is 6.36 Å². The maximum Gasteiger partial charge on any atom is 0.573 e. The fourth-order valence-electron chi connectivity index (χ4n) is 2.84.